The Kier molecular flexibility index (Phi) is 5.57. The molecule has 7 heteroatoms. The average molecular weight is 466 g/mol. The summed E-state index contributed by atoms with van der Waals surface area (Å²) in [5, 5.41) is 14.0. The molecule has 2 amide bonds. The van der Waals surface area contributed by atoms with E-state index >= 15 is 0 Å². The van der Waals surface area contributed by atoms with Crippen molar-refractivity contribution in [3.8, 4) is 0 Å². The lowest BCUT2D eigenvalue weighted by Gasteiger charge is -2.60. The van der Waals surface area contributed by atoms with Crippen LogP contribution in [-0.4, -0.2) is 41.3 Å². The van der Waals surface area contributed by atoms with Gasteiger partial charge in [0, 0.05) is 42.7 Å². The van der Waals surface area contributed by atoms with Crippen LogP contribution in [0.4, 0.5) is 5.69 Å². The van der Waals surface area contributed by atoms with E-state index < -0.39 is 4.92 Å². The van der Waals surface area contributed by atoms with Crippen molar-refractivity contribution in [1.29, 1.82) is 0 Å². The van der Waals surface area contributed by atoms with Crippen LogP contribution >= 0.6 is 0 Å². The Morgan fingerprint density at radius 3 is 2.56 bits per heavy atom. The van der Waals surface area contributed by atoms with Gasteiger partial charge in [0.05, 0.1) is 4.92 Å². The Morgan fingerprint density at radius 2 is 1.85 bits per heavy atom. The Morgan fingerprint density at radius 1 is 1.12 bits per heavy atom. The van der Waals surface area contributed by atoms with E-state index in [1.165, 1.54) is 43.5 Å². The number of nitro benzene ring substituents is 1. The van der Waals surface area contributed by atoms with Crippen molar-refractivity contribution >= 4 is 17.5 Å². The van der Waals surface area contributed by atoms with Crippen LogP contribution in [0.25, 0.3) is 0 Å². The first-order chi connectivity index (χ1) is 16.1. The summed E-state index contributed by atoms with van der Waals surface area (Å²) in [7, 11) is 1.96. The third kappa shape index (κ3) is 3.46. The fraction of sp³-hybridized carbons (Fsp3) is 0.630. The number of fused-ring (bicyclic) bond motifs is 5. The standard InChI is InChI=1S/C27H35N3O4/c1-26-14-12-22-20(9-11-23-27(22,2)15-13-24(31)29(23)3)21(26)10-6-18(26)16-28-25(32)17-4-7-19(8-5-17)30(33)34/h4-5,7-8,13,15,18,20-23H,6,9-12,14,16H2,1-3H3,(H,28,32)/t18?,20-,21-,22-,23+,26+,27+/m0/s1. The summed E-state index contributed by atoms with van der Waals surface area (Å²) in [6.07, 6.45) is 10.9. The van der Waals surface area contributed by atoms with Gasteiger partial charge < -0.3 is 10.2 Å². The third-order valence-corrected chi connectivity index (χ3v) is 10.2. The van der Waals surface area contributed by atoms with Gasteiger partial charge in [0.2, 0.25) is 5.91 Å². The number of hydrogen-bond acceptors (Lipinski definition) is 4. The van der Waals surface area contributed by atoms with E-state index in [1.54, 1.807) is 6.08 Å². The molecule has 3 aliphatic carbocycles. The van der Waals surface area contributed by atoms with Crippen LogP contribution in [0.2, 0.25) is 0 Å². The summed E-state index contributed by atoms with van der Waals surface area (Å²) in [5.74, 6) is 2.33. The minimum atomic E-state index is -0.454. The van der Waals surface area contributed by atoms with Gasteiger partial charge in [-0.25, -0.2) is 0 Å². The van der Waals surface area contributed by atoms with Crippen molar-refractivity contribution in [3.05, 3.63) is 52.1 Å². The number of hydrogen-bond donors (Lipinski definition) is 1. The second-order valence-electron chi connectivity index (χ2n) is 11.5. The van der Waals surface area contributed by atoms with E-state index in [0.29, 0.717) is 41.8 Å². The van der Waals surface area contributed by atoms with E-state index in [2.05, 4.69) is 25.2 Å². The zero-order valence-electron chi connectivity index (χ0n) is 20.3. The summed E-state index contributed by atoms with van der Waals surface area (Å²) in [5.41, 5.74) is 0.719. The largest absolute Gasteiger partial charge is 0.352 e. The quantitative estimate of drug-likeness (QED) is 0.520. The molecule has 182 valence electrons. The minimum absolute atomic E-state index is 0.00811. The summed E-state index contributed by atoms with van der Waals surface area (Å²) < 4.78 is 0. The van der Waals surface area contributed by atoms with Gasteiger partial charge in [0.1, 0.15) is 0 Å². The number of carbonyl (C=O) groups excluding carboxylic acids is 2. The Labute approximate surface area is 201 Å². The number of nitrogens with zero attached hydrogens (tertiary/aromatic N) is 2. The summed E-state index contributed by atoms with van der Waals surface area (Å²) in [6, 6.07) is 6.11. The van der Waals surface area contributed by atoms with Gasteiger partial charge in [-0.1, -0.05) is 19.9 Å². The number of likely N-dealkylation sites (N-methyl/N-ethyl adjacent to an activating group) is 1. The number of nitrogens with one attached hydrogen (secondary N) is 1. The number of non-ortho nitro benzene ring substituents is 1. The lowest BCUT2D eigenvalue weighted by molar-refractivity contribution is -0.384. The Hall–Kier alpha value is -2.70. The normalized spacial score (nSPS) is 38.6. The highest BCUT2D eigenvalue weighted by Gasteiger charge is 2.60. The number of benzene rings is 1. The molecule has 1 N–H and O–H groups in total. The van der Waals surface area contributed by atoms with Crippen LogP contribution in [-0.2, 0) is 4.79 Å². The maximum atomic E-state index is 12.7. The minimum Gasteiger partial charge on any atom is -0.352 e. The predicted octanol–water partition coefficient (Wildman–Crippen LogP) is 4.58. The van der Waals surface area contributed by atoms with E-state index in [9.17, 15) is 19.7 Å². The highest BCUT2D eigenvalue weighted by molar-refractivity contribution is 5.94. The van der Waals surface area contributed by atoms with Crippen molar-refractivity contribution in [2.75, 3.05) is 13.6 Å². The molecule has 7 atom stereocenters. The molecule has 0 bridgehead atoms. The summed E-state index contributed by atoms with van der Waals surface area (Å²) >= 11 is 0. The second-order valence-corrected chi connectivity index (χ2v) is 11.5. The van der Waals surface area contributed by atoms with Gasteiger partial charge in [-0.2, -0.15) is 0 Å². The molecule has 1 heterocycles. The van der Waals surface area contributed by atoms with Crippen molar-refractivity contribution in [2.45, 2.75) is 58.4 Å². The van der Waals surface area contributed by atoms with E-state index in [4.69, 9.17) is 0 Å². The molecule has 1 aromatic rings. The third-order valence-electron chi connectivity index (χ3n) is 10.2. The lowest BCUT2D eigenvalue weighted by Crippen LogP contribution is -2.59. The summed E-state index contributed by atoms with van der Waals surface area (Å²) in [6.45, 7) is 5.45. The van der Waals surface area contributed by atoms with Gasteiger partial charge in [-0.3, -0.25) is 19.7 Å². The molecule has 0 saturated heterocycles. The second kappa shape index (κ2) is 8.21. The first-order valence-corrected chi connectivity index (χ1v) is 12.6. The zero-order valence-corrected chi connectivity index (χ0v) is 20.3. The number of nitro groups is 1. The van der Waals surface area contributed by atoms with E-state index in [0.717, 1.165) is 19.3 Å². The van der Waals surface area contributed by atoms with Gasteiger partial charge in [0.15, 0.2) is 0 Å². The van der Waals surface area contributed by atoms with Crippen molar-refractivity contribution in [1.82, 2.24) is 10.2 Å². The van der Waals surface area contributed by atoms with E-state index in [1.807, 2.05) is 11.9 Å². The Bertz CT molecular complexity index is 1040. The van der Waals surface area contributed by atoms with Crippen LogP contribution in [0.1, 0.15) is 62.7 Å². The van der Waals surface area contributed by atoms with Crippen LogP contribution in [0.3, 0.4) is 0 Å². The van der Waals surface area contributed by atoms with Crippen LogP contribution < -0.4 is 5.32 Å². The van der Waals surface area contributed by atoms with Crippen molar-refractivity contribution in [2.24, 2.45) is 34.5 Å². The molecule has 0 aromatic heterocycles. The topological polar surface area (TPSA) is 92.6 Å². The van der Waals surface area contributed by atoms with Gasteiger partial charge in [0.25, 0.3) is 11.6 Å². The number of amides is 2. The fourth-order valence-electron chi connectivity index (χ4n) is 8.23. The smallest absolute Gasteiger partial charge is 0.269 e. The predicted molar refractivity (Wildman–Crippen MR) is 129 cm³/mol. The fourth-order valence-corrected chi connectivity index (χ4v) is 8.23. The molecule has 1 aliphatic heterocycles. The SMILES string of the molecule is CN1C(=O)C=C[C@]2(C)[C@H]3CC[C@]4(C)C(CNC(=O)c5ccc([N+](=O)[O-])cc5)CC[C@H]4[C@@H]3CC[C@@H]12. The van der Waals surface area contributed by atoms with Gasteiger partial charge in [-0.05, 0) is 85.8 Å². The summed E-state index contributed by atoms with van der Waals surface area (Å²) in [4.78, 5) is 37.4. The molecule has 1 unspecified atom stereocenters. The first-order valence-electron chi connectivity index (χ1n) is 12.6. The maximum Gasteiger partial charge on any atom is 0.269 e. The van der Waals surface area contributed by atoms with Crippen LogP contribution in [0, 0.1) is 44.6 Å². The molecule has 3 fully saturated rings. The van der Waals surface area contributed by atoms with Crippen molar-refractivity contribution < 1.29 is 14.5 Å². The van der Waals surface area contributed by atoms with E-state index in [-0.39, 0.29) is 28.3 Å². The van der Waals surface area contributed by atoms with Crippen molar-refractivity contribution in [3.63, 3.8) is 0 Å². The molecule has 0 spiro atoms. The van der Waals surface area contributed by atoms with Gasteiger partial charge >= 0.3 is 0 Å². The van der Waals surface area contributed by atoms with Gasteiger partial charge in [-0.15, -0.1) is 0 Å². The average Bonchev–Trinajstić information content (AvgIpc) is 3.16. The molecule has 1 aromatic carbocycles. The number of carbonyl (C=O) groups is 2. The zero-order chi connectivity index (χ0) is 24.3. The highest BCUT2D eigenvalue weighted by Crippen LogP contribution is 2.65. The van der Waals surface area contributed by atoms with Crippen LogP contribution in [0.5, 0.6) is 0 Å². The molecule has 34 heavy (non-hydrogen) atoms. The molecule has 0 radical (unpaired) electrons. The monoisotopic (exact) mass is 465 g/mol. The molecule has 5 rings (SSSR count). The highest BCUT2D eigenvalue weighted by atomic mass is 16.6. The first kappa shape index (κ1) is 23.1. The molecular weight excluding hydrogens is 430 g/mol. The Balaban J connectivity index is 1.27. The molecule has 3 saturated carbocycles. The molecular formula is C27H35N3O4. The molecule has 4 aliphatic rings. The lowest BCUT2D eigenvalue weighted by atomic mass is 9.47. The number of rotatable bonds is 4. The molecule has 7 nitrogen and oxygen atoms in total. The van der Waals surface area contributed by atoms with Crippen LogP contribution in [0.15, 0.2) is 36.4 Å². The maximum absolute atomic E-state index is 12.7.